The number of rotatable bonds is 4. The predicted molar refractivity (Wildman–Crippen MR) is 112 cm³/mol. The first-order valence-electron chi connectivity index (χ1n) is 8.82. The number of hydrogen-bond acceptors (Lipinski definition) is 3. The van der Waals surface area contributed by atoms with Gasteiger partial charge in [-0.25, -0.2) is 5.43 Å². The van der Waals surface area contributed by atoms with Gasteiger partial charge in [-0.2, -0.15) is 5.10 Å². The topological polar surface area (TPSA) is 50.7 Å². The Bertz CT molecular complexity index is 1040. The number of amides is 1. The van der Waals surface area contributed by atoms with E-state index < -0.39 is 0 Å². The van der Waals surface area contributed by atoms with Crippen LogP contribution in [0.3, 0.4) is 0 Å². The first-order chi connectivity index (χ1) is 13.7. The molecule has 138 valence electrons. The number of ether oxygens (including phenoxy) is 1. The average Bonchev–Trinajstić information content (AvgIpc) is 2.74. The molecule has 0 radical (unpaired) electrons. The van der Waals surface area contributed by atoms with Gasteiger partial charge in [-0.3, -0.25) is 4.79 Å². The Hall–Kier alpha value is -3.37. The number of fused-ring (bicyclic) bond motifs is 1. The highest BCUT2D eigenvalue weighted by atomic mass is 35.5. The summed E-state index contributed by atoms with van der Waals surface area (Å²) in [5, 5.41) is 4.71. The van der Waals surface area contributed by atoms with Crippen molar-refractivity contribution in [3.63, 3.8) is 0 Å². The minimum absolute atomic E-state index is 0.299. The molecule has 1 aliphatic rings. The molecule has 1 amide bonds. The maximum absolute atomic E-state index is 12.2. The van der Waals surface area contributed by atoms with E-state index in [1.165, 1.54) is 0 Å². The molecule has 3 aromatic rings. The molecule has 1 atom stereocenters. The monoisotopic (exact) mass is 388 g/mol. The summed E-state index contributed by atoms with van der Waals surface area (Å²) in [6.07, 6.45) is 3.35. The van der Waals surface area contributed by atoms with Gasteiger partial charge in [0.1, 0.15) is 5.75 Å². The van der Waals surface area contributed by atoms with Crippen LogP contribution in [0.25, 0.3) is 6.08 Å². The molecule has 1 N–H and O–H groups in total. The van der Waals surface area contributed by atoms with Gasteiger partial charge in [0, 0.05) is 21.7 Å². The first kappa shape index (κ1) is 18.0. The standard InChI is InChI=1S/C23H17ClN2O2/c24-20-12-10-17(11-13-20)23(27)26-25-15-19-14-18-8-4-5-9-21(18)28-22(19)16-6-2-1-3-7-16/h1-15,22H,(H,26,27)/b25-15+. The number of carbonyl (C=O) groups excluding carboxylic acids is 1. The molecule has 0 bridgehead atoms. The van der Waals surface area contributed by atoms with Crippen LogP contribution < -0.4 is 10.2 Å². The molecule has 0 fully saturated rings. The van der Waals surface area contributed by atoms with Gasteiger partial charge in [0.2, 0.25) is 0 Å². The van der Waals surface area contributed by atoms with E-state index in [0.29, 0.717) is 10.6 Å². The van der Waals surface area contributed by atoms with Gasteiger partial charge in [-0.15, -0.1) is 0 Å². The molecule has 1 unspecified atom stereocenters. The summed E-state index contributed by atoms with van der Waals surface area (Å²) < 4.78 is 6.20. The molecule has 4 rings (SSSR count). The number of benzene rings is 3. The van der Waals surface area contributed by atoms with E-state index in [1.807, 2.05) is 60.7 Å². The lowest BCUT2D eigenvalue weighted by atomic mass is 9.97. The SMILES string of the molecule is O=C(N/N=C/C1=Cc2ccccc2OC1c1ccccc1)c1ccc(Cl)cc1. The number of halogens is 1. The van der Waals surface area contributed by atoms with Crippen molar-refractivity contribution >= 4 is 29.8 Å². The lowest BCUT2D eigenvalue weighted by molar-refractivity contribution is 0.0955. The quantitative estimate of drug-likeness (QED) is 0.488. The van der Waals surface area contributed by atoms with Crippen LogP contribution in [0.15, 0.2) is 89.5 Å². The smallest absolute Gasteiger partial charge is 0.271 e. The molecule has 28 heavy (non-hydrogen) atoms. The first-order valence-corrected chi connectivity index (χ1v) is 9.20. The highest BCUT2D eigenvalue weighted by Gasteiger charge is 2.23. The lowest BCUT2D eigenvalue weighted by Crippen LogP contribution is -2.20. The van der Waals surface area contributed by atoms with Crippen LogP contribution in [0.5, 0.6) is 5.75 Å². The van der Waals surface area contributed by atoms with Crippen molar-refractivity contribution in [2.75, 3.05) is 0 Å². The van der Waals surface area contributed by atoms with Crippen LogP contribution in [-0.2, 0) is 0 Å². The van der Waals surface area contributed by atoms with Crippen LogP contribution >= 0.6 is 11.6 Å². The molecule has 5 heteroatoms. The van der Waals surface area contributed by atoms with Gasteiger partial charge in [0.05, 0.1) is 6.21 Å². The fourth-order valence-corrected chi connectivity index (χ4v) is 3.11. The second-order valence-corrected chi connectivity index (χ2v) is 6.73. The maximum atomic E-state index is 12.2. The fourth-order valence-electron chi connectivity index (χ4n) is 2.98. The zero-order chi connectivity index (χ0) is 19.3. The summed E-state index contributed by atoms with van der Waals surface area (Å²) in [6, 6.07) is 24.4. The van der Waals surface area contributed by atoms with Crippen molar-refractivity contribution in [1.29, 1.82) is 0 Å². The van der Waals surface area contributed by atoms with E-state index >= 15 is 0 Å². The molecule has 1 aliphatic heterocycles. The molecule has 0 saturated carbocycles. The van der Waals surface area contributed by atoms with Gasteiger partial charge >= 0.3 is 0 Å². The van der Waals surface area contributed by atoms with Crippen molar-refractivity contribution in [3.8, 4) is 5.75 Å². The van der Waals surface area contributed by atoms with Crippen LogP contribution in [0.4, 0.5) is 0 Å². The van der Waals surface area contributed by atoms with Crippen LogP contribution in [0, 0.1) is 0 Å². The summed E-state index contributed by atoms with van der Waals surface area (Å²) in [4.78, 5) is 12.2. The maximum Gasteiger partial charge on any atom is 0.271 e. The number of para-hydroxylation sites is 1. The van der Waals surface area contributed by atoms with Gasteiger partial charge in [0.25, 0.3) is 5.91 Å². The van der Waals surface area contributed by atoms with Gasteiger partial charge < -0.3 is 4.74 Å². The van der Waals surface area contributed by atoms with Gasteiger partial charge in [-0.05, 0) is 42.0 Å². The average molecular weight is 389 g/mol. The van der Waals surface area contributed by atoms with Crippen molar-refractivity contribution < 1.29 is 9.53 Å². The third-order valence-electron chi connectivity index (χ3n) is 4.38. The predicted octanol–water partition coefficient (Wildman–Crippen LogP) is 5.27. The summed E-state index contributed by atoms with van der Waals surface area (Å²) in [6.45, 7) is 0. The number of carbonyl (C=O) groups is 1. The molecule has 4 nitrogen and oxygen atoms in total. The third-order valence-corrected chi connectivity index (χ3v) is 4.63. The van der Waals surface area contributed by atoms with E-state index in [0.717, 1.165) is 22.4 Å². The van der Waals surface area contributed by atoms with E-state index in [9.17, 15) is 4.79 Å². The summed E-state index contributed by atoms with van der Waals surface area (Å²) in [7, 11) is 0. The van der Waals surface area contributed by atoms with E-state index in [-0.39, 0.29) is 12.0 Å². The van der Waals surface area contributed by atoms with Crippen molar-refractivity contribution in [3.05, 3.63) is 106 Å². The number of hydrogen-bond donors (Lipinski definition) is 1. The Kier molecular flexibility index (Phi) is 5.22. The Labute approximate surface area is 168 Å². The number of hydrazone groups is 1. The molecule has 0 aliphatic carbocycles. The van der Waals surface area contributed by atoms with Crippen LogP contribution in [-0.4, -0.2) is 12.1 Å². The van der Waals surface area contributed by atoms with E-state index in [1.54, 1.807) is 30.5 Å². The minimum atomic E-state index is -0.304. The summed E-state index contributed by atoms with van der Waals surface area (Å²) >= 11 is 5.86. The zero-order valence-corrected chi connectivity index (χ0v) is 15.6. The van der Waals surface area contributed by atoms with Crippen molar-refractivity contribution in [2.24, 2.45) is 5.10 Å². The molecule has 0 aromatic heterocycles. The van der Waals surface area contributed by atoms with E-state index in [4.69, 9.17) is 16.3 Å². The zero-order valence-electron chi connectivity index (χ0n) is 14.9. The minimum Gasteiger partial charge on any atom is -0.480 e. The number of nitrogens with zero attached hydrogens (tertiary/aromatic N) is 1. The third kappa shape index (κ3) is 3.97. The Morgan fingerprint density at radius 1 is 0.964 bits per heavy atom. The number of nitrogens with one attached hydrogen (secondary N) is 1. The van der Waals surface area contributed by atoms with E-state index in [2.05, 4.69) is 10.5 Å². The summed E-state index contributed by atoms with van der Waals surface area (Å²) in [5.41, 5.74) is 5.87. The highest BCUT2D eigenvalue weighted by molar-refractivity contribution is 6.30. The van der Waals surface area contributed by atoms with Crippen molar-refractivity contribution in [1.82, 2.24) is 5.43 Å². The molecule has 1 heterocycles. The van der Waals surface area contributed by atoms with Crippen LogP contribution in [0.2, 0.25) is 5.02 Å². The molecular weight excluding hydrogens is 372 g/mol. The second kappa shape index (κ2) is 8.11. The molecular formula is C23H17ClN2O2. The normalized spacial score (nSPS) is 15.5. The second-order valence-electron chi connectivity index (χ2n) is 6.30. The fraction of sp³-hybridized carbons (Fsp3) is 0.0435. The van der Waals surface area contributed by atoms with Gasteiger partial charge in [0.15, 0.2) is 6.10 Å². The molecule has 0 saturated heterocycles. The summed E-state index contributed by atoms with van der Waals surface area (Å²) in [5.74, 6) is 0.514. The van der Waals surface area contributed by atoms with Crippen molar-refractivity contribution in [2.45, 2.75) is 6.10 Å². The molecule has 0 spiro atoms. The Balaban J connectivity index is 1.57. The Morgan fingerprint density at radius 2 is 1.68 bits per heavy atom. The highest BCUT2D eigenvalue weighted by Crippen LogP contribution is 2.36. The largest absolute Gasteiger partial charge is 0.480 e. The Morgan fingerprint density at radius 3 is 2.46 bits per heavy atom. The van der Waals surface area contributed by atoms with Gasteiger partial charge in [-0.1, -0.05) is 60.1 Å². The van der Waals surface area contributed by atoms with Crippen LogP contribution in [0.1, 0.15) is 27.6 Å². The molecule has 3 aromatic carbocycles. The lowest BCUT2D eigenvalue weighted by Gasteiger charge is -2.25.